The number of nitrogens with zero attached hydrogens (tertiary/aromatic N) is 2. The standard InChI is InChI=1S/C24H28N4O2/c1-15-10-6-8-12-21(15)25-23(29)14-20-17(3)27-28(18(20)4)19(5)24(30)26-22-13-9-7-11-16(22)2/h6-13,19H,14H2,1-5H3,(H,25,29)(H,26,30)/t19-/m1/s1. The van der Waals surface area contributed by atoms with Crippen LogP contribution in [0.4, 0.5) is 11.4 Å². The normalized spacial score (nSPS) is 11.8. The van der Waals surface area contributed by atoms with Crippen LogP contribution >= 0.6 is 0 Å². The number of aryl methyl sites for hydroxylation is 3. The number of amides is 2. The molecule has 0 saturated carbocycles. The molecule has 0 aliphatic heterocycles. The molecule has 3 aromatic rings. The molecule has 3 rings (SSSR count). The predicted octanol–water partition coefficient (Wildman–Crippen LogP) is 4.50. The number of hydrogen-bond acceptors (Lipinski definition) is 3. The molecule has 1 atom stereocenters. The minimum absolute atomic E-state index is 0.105. The van der Waals surface area contributed by atoms with Crippen LogP contribution in [0.5, 0.6) is 0 Å². The van der Waals surface area contributed by atoms with E-state index in [1.165, 1.54) is 0 Å². The SMILES string of the molecule is Cc1ccccc1NC(=O)Cc1c(C)nn([C@H](C)C(=O)Nc2ccccc2C)c1C. The van der Waals surface area contributed by atoms with Gasteiger partial charge < -0.3 is 10.6 Å². The molecule has 156 valence electrons. The van der Waals surface area contributed by atoms with E-state index in [2.05, 4.69) is 15.7 Å². The van der Waals surface area contributed by atoms with Crippen LogP contribution in [0.25, 0.3) is 0 Å². The summed E-state index contributed by atoms with van der Waals surface area (Å²) in [6.45, 7) is 9.48. The van der Waals surface area contributed by atoms with Crippen LogP contribution < -0.4 is 10.6 Å². The largest absolute Gasteiger partial charge is 0.326 e. The van der Waals surface area contributed by atoms with Crippen LogP contribution in [0.1, 0.15) is 41.0 Å². The first-order valence-corrected chi connectivity index (χ1v) is 10.0. The summed E-state index contributed by atoms with van der Waals surface area (Å²) in [5, 5.41) is 10.5. The zero-order valence-electron chi connectivity index (χ0n) is 18.1. The van der Waals surface area contributed by atoms with E-state index in [0.29, 0.717) is 0 Å². The maximum Gasteiger partial charge on any atom is 0.248 e. The highest BCUT2D eigenvalue weighted by atomic mass is 16.2. The number of hydrogen-bond donors (Lipinski definition) is 2. The molecular formula is C24H28N4O2. The van der Waals surface area contributed by atoms with Gasteiger partial charge in [-0.15, -0.1) is 0 Å². The molecule has 2 N–H and O–H groups in total. The van der Waals surface area contributed by atoms with Gasteiger partial charge in [-0.2, -0.15) is 5.10 Å². The highest BCUT2D eigenvalue weighted by Crippen LogP contribution is 2.21. The Bertz CT molecular complexity index is 1080. The van der Waals surface area contributed by atoms with E-state index in [9.17, 15) is 9.59 Å². The van der Waals surface area contributed by atoms with Crippen LogP contribution in [-0.4, -0.2) is 21.6 Å². The van der Waals surface area contributed by atoms with Crippen LogP contribution in [0.2, 0.25) is 0 Å². The number of nitrogens with one attached hydrogen (secondary N) is 2. The summed E-state index contributed by atoms with van der Waals surface area (Å²) < 4.78 is 1.69. The first-order chi connectivity index (χ1) is 14.3. The lowest BCUT2D eigenvalue weighted by Gasteiger charge is -2.16. The van der Waals surface area contributed by atoms with Crippen LogP contribution in [0.3, 0.4) is 0 Å². The van der Waals surface area contributed by atoms with E-state index in [1.807, 2.05) is 83.1 Å². The summed E-state index contributed by atoms with van der Waals surface area (Å²) in [7, 11) is 0. The van der Waals surface area contributed by atoms with E-state index < -0.39 is 6.04 Å². The summed E-state index contributed by atoms with van der Waals surface area (Å²) in [6.07, 6.45) is 0.206. The number of rotatable bonds is 6. The predicted molar refractivity (Wildman–Crippen MR) is 120 cm³/mol. The number of para-hydroxylation sites is 2. The molecule has 0 unspecified atom stereocenters. The Labute approximate surface area is 177 Å². The van der Waals surface area contributed by atoms with E-state index >= 15 is 0 Å². The van der Waals surface area contributed by atoms with E-state index in [4.69, 9.17) is 0 Å². The Morgan fingerprint density at radius 1 is 0.900 bits per heavy atom. The van der Waals surface area contributed by atoms with Gasteiger partial charge in [0.1, 0.15) is 6.04 Å². The number of carbonyl (C=O) groups is 2. The summed E-state index contributed by atoms with van der Waals surface area (Å²) in [5.74, 6) is -0.252. The second-order valence-electron chi connectivity index (χ2n) is 7.61. The molecule has 6 nitrogen and oxygen atoms in total. The van der Waals surface area contributed by atoms with Gasteiger partial charge in [0.25, 0.3) is 0 Å². The van der Waals surface area contributed by atoms with Crippen molar-refractivity contribution in [3.8, 4) is 0 Å². The third kappa shape index (κ3) is 4.59. The third-order valence-corrected chi connectivity index (χ3v) is 5.38. The summed E-state index contributed by atoms with van der Waals surface area (Å²) >= 11 is 0. The molecule has 1 heterocycles. The minimum Gasteiger partial charge on any atom is -0.326 e. The van der Waals surface area contributed by atoms with Gasteiger partial charge in [0.15, 0.2) is 0 Å². The Morgan fingerprint density at radius 2 is 1.43 bits per heavy atom. The maximum absolute atomic E-state index is 12.8. The topological polar surface area (TPSA) is 76.0 Å². The molecule has 0 radical (unpaired) electrons. The Morgan fingerprint density at radius 3 is 2.00 bits per heavy atom. The summed E-state index contributed by atoms with van der Waals surface area (Å²) in [4.78, 5) is 25.4. The lowest BCUT2D eigenvalue weighted by Crippen LogP contribution is -2.25. The fourth-order valence-electron chi connectivity index (χ4n) is 3.46. The minimum atomic E-state index is -0.503. The summed E-state index contributed by atoms with van der Waals surface area (Å²) in [5.41, 5.74) is 6.01. The number of anilines is 2. The maximum atomic E-state index is 12.8. The van der Waals surface area contributed by atoms with Crippen LogP contribution in [0.15, 0.2) is 48.5 Å². The Balaban J connectivity index is 1.74. The van der Waals surface area contributed by atoms with Crippen LogP contribution in [-0.2, 0) is 16.0 Å². The van der Waals surface area contributed by atoms with E-state index in [1.54, 1.807) is 4.68 Å². The summed E-state index contributed by atoms with van der Waals surface area (Å²) in [6, 6.07) is 14.8. The Kier molecular flexibility index (Phi) is 6.35. The van der Waals surface area contributed by atoms with Gasteiger partial charge in [0.05, 0.1) is 12.1 Å². The van der Waals surface area contributed by atoms with Crippen molar-refractivity contribution in [2.75, 3.05) is 10.6 Å². The zero-order valence-corrected chi connectivity index (χ0v) is 18.1. The lowest BCUT2D eigenvalue weighted by atomic mass is 10.1. The molecular weight excluding hydrogens is 376 g/mol. The van der Waals surface area contributed by atoms with Gasteiger partial charge in [-0.1, -0.05) is 36.4 Å². The first-order valence-electron chi connectivity index (χ1n) is 10.0. The van der Waals surface area contributed by atoms with Crippen molar-refractivity contribution in [1.29, 1.82) is 0 Å². The van der Waals surface area contributed by atoms with Crippen molar-refractivity contribution in [2.24, 2.45) is 0 Å². The molecule has 0 fully saturated rings. The second kappa shape index (κ2) is 8.95. The zero-order chi connectivity index (χ0) is 21.8. The van der Waals surface area contributed by atoms with Gasteiger partial charge in [-0.05, 0) is 57.9 Å². The number of benzene rings is 2. The van der Waals surface area contributed by atoms with Gasteiger partial charge in [0, 0.05) is 22.6 Å². The number of aromatic nitrogens is 2. The molecule has 2 aromatic carbocycles. The number of carbonyl (C=O) groups excluding carboxylic acids is 2. The quantitative estimate of drug-likeness (QED) is 0.635. The van der Waals surface area contributed by atoms with Gasteiger partial charge >= 0.3 is 0 Å². The molecule has 0 saturated heterocycles. The molecule has 0 aliphatic rings. The van der Waals surface area contributed by atoms with E-state index in [0.717, 1.165) is 39.5 Å². The van der Waals surface area contributed by atoms with Gasteiger partial charge in [-0.3, -0.25) is 14.3 Å². The van der Waals surface area contributed by atoms with E-state index in [-0.39, 0.29) is 18.2 Å². The molecule has 2 amide bonds. The average Bonchev–Trinajstić information content (AvgIpc) is 2.99. The third-order valence-electron chi connectivity index (χ3n) is 5.38. The van der Waals surface area contributed by atoms with Crippen molar-refractivity contribution in [1.82, 2.24) is 9.78 Å². The molecule has 1 aromatic heterocycles. The van der Waals surface area contributed by atoms with Gasteiger partial charge in [0.2, 0.25) is 11.8 Å². The molecule has 0 aliphatic carbocycles. The molecule has 30 heavy (non-hydrogen) atoms. The molecule has 6 heteroatoms. The highest BCUT2D eigenvalue weighted by Gasteiger charge is 2.23. The highest BCUT2D eigenvalue weighted by molar-refractivity contribution is 5.94. The average molecular weight is 405 g/mol. The fraction of sp³-hybridized carbons (Fsp3) is 0.292. The lowest BCUT2D eigenvalue weighted by molar-refractivity contribution is -0.119. The molecule has 0 bridgehead atoms. The van der Waals surface area contributed by atoms with Crippen molar-refractivity contribution < 1.29 is 9.59 Å². The smallest absolute Gasteiger partial charge is 0.248 e. The van der Waals surface area contributed by atoms with Crippen molar-refractivity contribution in [2.45, 2.75) is 47.1 Å². The van der Waals surface area contributed by atoms with Crippen molar-refractivity contribution >= 4 is 23.2 Å². The van der Waals surface area contributed by atoms with Gasteiger partial charge in [-0.25, -0.2) is 0 Å². The fourth-order valence-corrected chi connectivity index (χ4v) is 3.46. The first kappa shape index (κ1) is 21.3. The van der Waals surface area contributed by atoms with Crippen molar-refractivity contribution in [3.63, 3.8) is 0 Å². The Hall–Kier alpha value is -3.41. The second-order valence-corrected chi connectivity index (χ2v) is 7.61. The van der Waals surface area contributed by atoms with Crippen LogP contribution in [0, 0.1) is 27.7 Å². The van der Waals surface area contributed by atoms with Crippen molar-refractivity contribution in [3.05, 3.63) is 76.6 Å². The molecule has 0 spiro atoms. The monoisotopic (exact) mass is 404 g/mol.